The fourth-order valence-corrected chi connectivity index (χ4v) is 5.13. The first kappa shape index (κ1) is 23.9. The Morgan fingerprint density at radius 3 is 2.58 bits per heavy atom. The summed E-state index contributed by atoms with van der Waals surface area (Å²) in [4.78, 5) is 12.6. The Kier molecular flexibility index (Phi) is 8.23. The van der Waals surface area contributed by atoms with Crippen molar-refractivity contribution in [2.45, 2.75) is 45.5 Å². The van der Waals surface area contributed by atoms with Gasteiger partial charge in [-0.25, -0.2) is 0 Å². The van der Waals surface area contributed by atoms with E-state index in [0.29, 0.717) is 28.3 Å². The van der Waals surface area contributed by atoms with Gasteiger partial charge in [0.1, 0.15) is 5.75 Å². The second-order valence-corrected chi connectivity index (χ2v) is 9.62. The summed E-state index contributed by atoms with van der Waals surface area (Å²) >= 11 is 9.83. The summed E-state index contributed by atoms with van der Waals surface area (Å²) in [7, 11) is 0. The van der Waals surface area contributed by atoms with Crippen molar-refractivity contribution in [3.63, 3.8) is 0 Å². The van der Waals surface area contributed by atoms with Gasteiger partial charge in [-0.1, -0.05) is 35.5 Å². The van der Waals surface area contributed by atoms with Gasteiger partial charge >= 0.3 is 0 Å². The minimum atomic E-state index is -0.340. The zero-order valence-corrected chi connectivity index (χ0v) is 21.5. The molecule has 1 heterocycles. The highest BCUT2D eigenvalue weighted by atomic mass is 127. The van der Waals surface area contributed by atoms with Crippen LogP contribution in [0.2, 0.25) is 5.02 Å². The SMILES string of the molecule is CCn1c(SCC(=O)Nc2c(C)cc(I)cc2C)nnc1[C@@H](C)Oc1ccccc1Cl. The Bertz CT molecular complexity index is 1070. The molecule has 3 aromatic rings. The van der Waals surface area contributed by atoms with Crippen LogP contribution in [0.5, 0.6) is 5.75 Å². The lowest BCUT2D eigenvalue weighted by Gasteiger charge is -2.16. The Labute approximate surface area is 205 Å². The molecule has 0 aliphatic rings. The number of benzene rings is 2. The van der Waals surface area contributed by atoms with E-state index in [9.17, 15) is 4.79 Å². The van der Waals surface area contributed by atoms with Crippen LogP contribution in [-0.4, -0.2) is 26.4 Å². The van der Waals surface area contributed by atoms with Crippen LogP contribution < -0.4 is 10.1 Å². The van der Waals surface area contributed by atoms with Crippen LogP contribution in [0, 0.1) is 17.4 Å². The van der Waals surface area contributed by atoms with E-state index in [0.717, 1.165) is 20.4 Å². The number of ether oxygens (including phenoxy) is 1. The van der Waals surface area contributed by atoms with Crippen LogP contribution in [0.1, 0.15) is 36.9 Å². The van der Waals surface area contributed by atoms with Gasteiger partial charge in [0.15, 0.2) is 17.1 Å². The van der Waals surface area contributed by atoms with E-state index >= 15 is 0 Å². The Morgan fingerprint density at radius 2 is 1.94 bits per heavy atom. The van der Waals surface area contributed by atoms with Crippen molar-refractivity contribution in [1.82, 2.24) is 14.8 Å². The predicted octanol–water partition coefficient (Wildman–Crippen LogP) is 6.04. The average molecular weight is 571 g/mol. The van der Waals surface area contributed by atoms with E-state index in [2.05, 4.69) is 50.2 Å². The molecule has 3 rings (SSSR count). The molecule has 0 radical (unpaired) electrons. The maximum atomic E-state index is 12.6. The number of thioether (sulfide) groups is 1. The molecule has 2 aromatic carbocycles. The van der Waals surface area contributed by atoms with Crippen molar-refractivity contribution < 1.29 is 9.53 Å². The lowest BCUT2D eigenvalue weighted by atomic mass is 10.1. The van der Waals surface area contributed by atoms with Crippen molar-refractivity contribution in [3.8, 4) is 5.75 Å². The summed E-state index contributed by atoms with van der Waals surface area (Å²) in [5.74, 6) is 1.45. The third-order valence-corrected chi connectivity index (χ3v) is 6.56. The number of halogens is 2. The molecule has 31 heavy (non-hydrogen) atoms. The first-order chi connectivity index (χ1) is 14.8. The minimum Gasteiger partial charge on any atom is -0.481 e. The quantitative estimate of drug-likeness (QED) is 0.264. The van der Waals surface area contributed by atoms with Crippen LogP contribution >= 0.6 is 46.0 Å². The zero-order chi connectivity index (χ0) is 22.5. The molecule has 0 unspecified atom stereocenters. The van der Waals surface area contributed by atoms with Gasteiger partial charge < -0.3 is 14.6 Å². The number of hydrogen-bond acceptors (Lipinski definition) is 5. The molecule has 0 aliphatic carbocycles. The van der Waals surface area contributed by atoms with Crippen LogP contribution in [0.4, 0.5) is 5.69 Å². The highest BCUT2D eigenvalue weighted by molar-refractivity contribution is 14.1. The highest BCUT2D eigenvalue weighted by Gasteiger charge is 2.20. The molecule has 0 saturated carbocycles. The number of para-hydroxylation sites is 1. The normalized spacial score (nSPS) is 11.9. The number of nitrogens with zero attached hydrogens (tertiary/aromatic N) is 3. The monoisotopic (exact) mass is 570 g/mol. The first-order valence-electron chi connectivity index (χ1n) is 9.83. The van der Waals surface area contributed by atoms with Crippen molar-refractivity contribution in [2.75, 3.05) is 11.1 Å². The van der Waals surface area contributed by atoms with Gasteiger partial charge in [0, 0.05) is 15.8 Å². The van der Waals surface area contributed by atoms with Gasteiger partial charge in [0.25, 0.3) is 0 Å². The van der Waals surface area contributed by atoms with Crippen LogP contribution in [-0.2, 0) is 11.3 Å². The van der Waals surface area contributed by atoms with Gasteiger partial charge in [-0.15, -0.1) is 10.2 Å². The van der Waals surface area contributed by atoms with E-state index < -0.39 is 0 Å². The summed E-state index contributed by atoms with van der Waals surface area (Å²) < 4.78 is 9.09. The summed E-state index contributed by atoms with van der Waals surface area (Å²) in [6.45, 7) is 8.58. The first-order valence-corrected chi connectivity index (χ1v) is 12.3. The smallest absolute Gasteiger partial charge is 0.234 e. The fraction of sp³-hybridized carbons (Fsp3) is 0.318. The molecule has 0 saturated heterocycles. The molecule has 6 nitrogen and oxygen atoms in total. The lowest BCUT2D eigenvalue weighted by Crippen LogP contribution is -2.17. The summed E-state index contributed by atoms with van der Waals surface area (Å²) in [5.41, 5.74) is 2.96. The Morgan fingerprint density at radius 1 is 1.26 bits per heavy atom. The predicted molar refractivity (Wildman–Crippen MR) is 134 cm³/mol. The molecular formula is C22H24ClIN4O2S. The minimum absolute atomic E-state index is 0.0787. The van der Waals surface area contributed by atoms with Crippen LogP contribution in [0.15, 0.2) is 41.6 Å². The number of amides is 1. The standard InChI is InChI=1S/C22H24ClIN4O2S/c1-5-28-21(15(4)30-18-9-7-6-8-17(18)23)26-27-22(28)31-12-19(29)25-20-13(2)10-16(24)11-14(20)3/h6-11,15H,5,12H2,1-4H3,(H,25,29)/t15-/m1/s1. The second kappa shape index (κ2) is 10.7. The fourth-order valence-electron chi connectivity index (χ4n) is 3.20. The Hall–Kier alpha value is -1.78. The summed E-state index contributed by atoms with van der Waals surface area (Å²) in [6, 6.07) is 11.4. The molecule has 0 spiro atoms. The molecule has 1 aromatic heterocycles. The second-order valence-electron chi connectivity index (χ2n) is 7.03. The van der Waals surface area contributed by atoms with Gasteiger partial charge in [0.2, 0.25) is 5.91 Å². The topological polar surface area (TPSA) is 69.0 Å². The summed E-state index contributed by atoms with van der Waals surface area (Å²) in [5, 5.41) is 12.8. The van der Waals surface area contributed by atoms with Crippen molar-refractivity contribution in [1.29, 1.82) is 0 Å². The maximum absolute atomic E-state index is 12.6. The highest BCUT2D eigenvalue weighted by Crippen LogP contribution is 2.29. The lowest BCUT2D eigenvalue weighted by molar-refractivity contribution is -0.113. The number of aromatic nitrogens is 3. The number of hydrogen-bond donors (Lipinski definition) is 1. The maximum Gasteiger partial charge on any atom is 0.234 e. The van der Waals surface area contributed by atoms with Crippen molar-refractivity contribution in [3.05, 3.63) is 61.9 Å². The van der Waals surface area contributed by atoms with Crippen molar-refractivity contribution in [2.24, 2.45) is 0 Å². The van der Waals surface area contributed by atoms with E-state index in [-0.39, 0.29) is 17.8 Å². The molecule has 1 atom stereocenters. The van der Waals surface area contributed by atoms with E-state index in [4.69, 9.17) is 16.3 Å². The molecule has 164 valence electrons. The molecule has 0 bridgehead atoms. The van der Waals surface area contributed by atoms with E-state index in [1.165, 1.54) is 11.8 Å². The average Bonchev–Trinajstić information content (AvgIpc) is 3.14. The van der Waals surface area contributed by atoms with Crippen molar-refractivity contribution >= 4 is 57.5 Å². The number of aryl methyl sites for hydroxylation is 2. The number of rotatable bonds is 8. The number of carbonyl (C=O) groups is 1. The van der Waals surface area contributed by atoms with Crippen LogP contribution in [0.3, 0.4) is 0 Å². The van der Waals surface area contributed by atoms with Gasteiger partial charge in [-0.2, -0.15) is 0 Å². The molecule has 9 heteroatoms. The van der Waals surface area contributed by atoms with Gasteiger partial charge in [0.05, 0.1) is 10.8 Å². The number of nitrogens with one attached hydrogen (secondary N) is 1. The van der Waals surface area contributed by atoms with E-state index in [1.54, 1.807) is 6.07 Å². The third kappa shape index (κ3) is 5.93. The van der Waals surface area contributed by atoms with Gasteiger partial charge in [-0.05, 0) is 85.7 Å². The molecule has 0 aliphatic heterocycles. The number of anilines is 1. The van der Waals surface area contributed by atoms with Gasteiger partial charge in [-0.3, -0.25) is 4.79 Å². The third-order valence-electron chi connectivity index (χ3n) is 4.66. The number of carbonyl (C=O) groups excluding carboxylic acids is 1. The van der Waals surface area contributed by atoms with Crippen LogP contribution in [0.25, 0.3) is 0 Å². The molecule has 1 amide bonds. The Balaban J connectivity index is 1.67. The molecular weight excluding hydrogens is 547 g/mol. The molecule has 0 fully saturated rings. The largest absolute Gasteiger partial charge is 0.481 e. The molecule has 1 N–H and O–H groups in total. The zero-order valence-electron chi connectivity index (χ0n) is 17.8. The van der Waals surface area contributed by atoms with E-state index in [1.807, 2.05) is 50.5 Å². The summed E-state index contributed by atoms with van der Waals surface area (Å²) in [6.07, 6.45) is -0.340.